The van der Waals surface area contributed by atoms with Gasteiger partial charge in [0, 0.05) is 44.4 Å². The molecular formula is C13H28N2O. The molecule has 0 amide bonds. The SMILES string of the molecule is CCC1(C)CN(CCCOC)C(C)(C)CN1. The zero-order valence-electron chi connectivity index (χ0n) is 11.6. The van der Waals surface area contributed by atoms with E-state index in [4.69, 9.17) is 4.74 Å². The van der Waals surface area contributed by atoms with Crippen molar-refractivity contribution >= 4 is 0 Å². The van der Waals surface area contributed by atoms with Crippen molar-refractivity contribution in [3.63, 3.8) is 0 Å². The van der Waals surface area contributed by atoms with Crippen molar-refractivity contribution in [2.75, 3.05) is 33.4 Å². The Balaban J connectivity index is 2.54. The number of methoxy groups -OCH3 is 1. The normalized spacial score (nSPS) is 30.6. The summed E-state index contributed by atoms with van der Waals surface area (Å²) in [5.41, 5.74) is 0.547. The van der Waals surface area contributed by atoms with E-state index in [1.807, 2.05) is 0 Å². The minimum Gasteiger partial charge on any atom is -0.385 e. The van der Waals surface area contributed by atoms with Crippen molar-refractivity contribution in [1.82, 2.24) is 10.2 Å². The summed E-state index contributed by atoms with van der Waals surface area (Å²) in [6.45, 7) is 13.4. The van der Waals surface area contributed by atoms with Gasteiger partial charge in [0.25, 0.3) is 0 Å². The standard InChI is InChI=1S/C13H28N2O/c1-6-13(4)11-15(8-7-9-16-5)12(2,3)10-14-13/h14H,6-11H2,1-5H3. The van der Waals surface area contributed by atoms with Gasteiger partial charge in [0.1, 0.15) is 0 Å². The van der Waals surface area contributed by atoms with E-state index in [-0.39, 0.29) is 11.1 Å². The molecule has 1 aliphatic heterocycles. The lowest BCUT2D eigenvalue weighted by molar-refractivity contribution is 0.0250. The Kier molecular flexibility index (Phi) is 4.77. The van der Waals surface area contributed by atoms with Crippen LogP contribution in [0.4, 0.5) is 0 Å². The highest BCUT2D eigenvalue weighted by Gasteiger charge is 2.38. The molecule has 3 heteroatoms. The molecule has 0 aliphatic carbocycles. The van der Waals surface area contributed by atoms with Crippen LogP contribution in [0.25, 0.3) is 0 Å². The van der Waals surface area contributed by atoms with Crippen LogP contribution in [0, 0.1) is 0 Å². The van der Waals surface area contributed by atoms with Crippen LogP contribution in [0.15, 0.2) is 0 Å². The van der Waals surface area contributed by atoms with Gasteiger partial charge in [-0.2, -0.15) is 0 Å². The molecule has 1 saturated heterocycles. The first-order valence-corrected chi connectivity index (χ1v) is 6.42. The molecule has 1 rings (SSSR count). The lowest BCUT2D eigenvalue weighted by atomic mass is 9.88. The second-order valence-corrected chi connectivity index (χ2v) is 5.85. The molecule has 1 fully saturated rings. The van der Waals surface area contributed by atoms with E-state index in [0.717, 1.165) is 32.7 Å². The Morgan fingerprint density at radius 2 is 2.00 bits per heavy atom. The molecule has 0 radical (unpaired) electrons. The summed E-state index contributed by atoms with van der Waals surface area (Å²) in [4.78, 5) is 2.60. The highest BCUT2D eigenvalue weighted by Crippen LogP contribution is 2.25. The Bertz CT molecular complexity index is 218. The van der Waals surface area contributed by atoms with Crippen LogP contribution in [0.5, 0.6) is 0 Å². The van der Waals surface area contributed by atoms with Gasteiger partial charge in [0.15, 0.2) is 0 Å². The predicted molar refractivity (Wildman–Crippen MR) is 68.8 cm³/mol. The maximum absolute atomic E-state index is 5.14. The third kappa shape index (κ3) is 3.44. The molecule has 3 nitrogen and oxygen atoms in total. The fourth-order valence-corrected chi connectivity index (χ4v) is 2.25. The fraction of sp³-hybridized carbons (Fsp3) is 1.00. The second-order valence-electron chi connectivity index (χ2n) is 5.85. The molecule has 1 aliphatic rings. The Morgan fingerprint density at radius 3 is 2.56 bits per heavy atom. The van der Waals surface area contributed by atoms with Gasteiger partial charge in [-0.25, -0.2) is 0 Å². The summed E-state index contributed by atoms with van der Waals surface area (Å²) in [6.07, 6.45) is 2.31. The summed E-state index contributed by atoms with van der Waals surface area (Å²) in [6, 6.07) is 0. The van der Waals surface area contributed by atoms with Gasteiger partial charge in [-0.05, 0) is 33.6 Å². The second kappa shape index (κ2) is 5.48. The van der Waals surface area contributed by atoms with Gasteiger partial charge >= 0.3 is 0 Å². The summed E-state index contributed by atoms with van der Waals surface area (Å²) >= 11 is 0. The first-order chi connectivity index (χ1) is 7.43. The molecule has 0 aromatic carbocycles. The Morgan fingerprint density at radius 1 is 1.31 bits per heavy atom. The van der Waals surface area contributed by atoms with Crippen LogP contribution in [-0.4, -0.2) is 49.3 Å². The summed E-state index contributed by atoms with van der Waals surface area (Å²) in [5.74, 6) is 0. The first kappa shape index (κ1) is 13.9. The Hall–Kier alpha value is -0.120. The molecule has 1 unspecified atom stereocenters. The zero-order chi connectivity index (χ0) is 12.2. The monoisotopic (exact) mass is 228 g/mol. The number of ether oxygens (including phenoxy) is 1. The summed E-state index contributed by atoms with van der Waals surface area (Å²) in [7, 11) is 1.78. The van der Waals surface area contributed by atoms with E-state index in [1.165, 1.54) is 6.42 Å². The van der Waals surface area contributed by atoms with Crippen LogP contribution in [0.2, 0.25) is 0 Å². The minimum absolute atomic E-state index is 0.266. The van der Waals surface area contributed by atoms with Gasteiger partial charge in [0.05, 0.1) is 0 Å². The lowest BCUT2D eigenvalue weighted by Gasteiger charge is -2.50. The summed E-state index contributed by atoms with van der Waals surface area (Å²) < 4.78 is 5.14. The van der Waals surface area contributed by atoms with Crippen LogP contribution >= 0.6 is 0 Å². The van der Waals surface area contributed by atoms with E-state index in [1.54, 1.807) is 7.11 Å². The maximum Gasteiger partial charge on any atom is 0.0474 e. The van der Waals surface area contributed by atoms with Crippen LogP contribution in [-0.2, 0) is 4.74 Å². The van der Waals surface area contributed by atoms with Gasteiger partial charge in [-0.3, -0.25) is 4.90 Å². The molecule has 0 saturated carbocycles. The van der Waals surface area contributed by atoms with Crippen molar-refractivity contribution < 1.29 is 4.74 Å². The van der Waals surface area contributed by atoms with Gasteiger partial charge < -0.3 is 10.1 Å². The van der Waals surface area contributed by atoms with Crippen molar-refractivity contribution in [3.05, 3.63) is 0 Å². The maximum atomic E-state index is 5.14. The first-order valence-electron chi connectivity index (χ1n) is 6.42. The quantitative estimate of drug-likeness (QED) is 0.727. The average molecular weight is 228 g/mol. The highest BCUT2D eigenvalue weighted by molar-refractivity contribution is 4.98. The van der Waals surface area contributed by atoms with Gasteiger partial charge in [-0.1, -0.05) is 6.92 Å². The molecule has 96 valence electrons. The molecular weight excluding hydrogens is 200 g/mol. The van der Waals surface area contributed by atoms with E-state index in [0.29, 0.717) is 0 Å². The lowest BCUT2D eigenvalue weighted by Crippen LogP contribution is -2.67. The smallest absolute Gasteiger partial charge is 0.0474 e. The van der Waals surface area contributed by atoms with Crippen LogP contribution in [0.3, 0.4) is 0 Å². The van der Waals surface area contributed by atoms with Crippen LogP contribution < -0.4 is 5.32 Å². The fourth-order valence-electron chi connectivity index (χ4n) is 2.25. The highest BCUT2D eigenvalue weighted by atomic mass is 16.5. The molecule has 0 spiro atoms. The number of nitrogens with one attached hydrogen (secondary N) is 1. The van der Waals surface area contributed by atoms with Crippen molar-refractivity contribution in [2.24, 2.45) is 0 Å². The van der Waals surface area contributed by atoms with Crippen molar-refractivity contribution in [2.45, 2.75) is 51.6 Å². The third-order valence-corrected chi connectivity index (χ3v) is 3.90. The van der Waals surface area contributed by atoms with Gasteiger partial charge in [-0.15, -0.1) is 0 Å². The minimum atomic E-state index is 0.266. The predicted octanol–water partition coefficient (Wildman–Crippen LogP) is 1.88. The summed E-state index contributed by atoms with van der Waals surface area (Å²) in [5, 5.41) is 3.68. The third-order valence-electron chi connectivity index (χ3n) is 3.90. The molecule has 16 heavy (non-hydrogen) atoms. The topological polar surface area (TPSA) is 24.5 Å². The van der Waals surface area contributed by atoms with Crippen molar-refractivity contribution in [3.8, 4) is 0 Å². The largest absolute Gasteiger partial charge is 0.385 e. The molecule has 1 atom stereocenters. The van der Waals surface area contributed by atoms with E-state index in [9.17, 15) is 0 Å². The zero-order valence-corrected chi connectivity index (χ0v) is 11.6. The molecule has 1 N–H and O–H groups in total. The van der Waals surface area contributed by atoms with E-state index >= 15 is 0 Å². The van der Waals surface area contributed by atoms with Crippen molar-refractivity contribution in [1.29, 1.82) is 0 Å². The average Bonchev–Trinajstić information content (AvgIpc) is 2.24. The van der Waals surface area contributed by atoms with Gasteiger partial charge in [0.2, 0.25) is 0 Å². The molecule has 0 aromatic rings. The van der Waals surface area contributed by atoms with Crippen LogP contribution in [0.1, 0.15) is 40.5 Å². The molecule has 0 aromatic heterocycles. The number of hydrogen-bond donors (Lipinski definition) is 1. The molecule has 0 bridgehead atoms. The number of piperazine rings is 1. The number of hydrogen-bond acceptors (Lipinski definition) is 3. The number of rotatable bonds is 5. The van der Waals surface area contributed by atoms with E-state index < -0.39 is 0 Å². The number of nitrogens with zero attached hydrogens (tertiary/aromatic N) is 1. The van der Waals surface area contributed by atoms with E-state index in [2.05, 4.69) is 37.9 Å². The Labute approximate surface area is 101 Å². The molecule has 1 heterocycles.